The Bertz CT molecular complexity index is 1210. The van der Waals surface area contributed by atoms with Gasteiger partial charge in [0.25, 0.3) is 11.5 Å². The van der Waals surface area contributed by atoms with Gasteiger partial charge in [-0.05, 0) is 51.8 Å². The summed E-state index contributed by atoms with van der Waals surface area (Å²) in [6.45, 7) is 0. The van der Waals surface area contributed by atoms with E-state index in [1.807, 2.05) is 6.07 Å². The summed E-state index contributed by atoms with van der Waals surface area (Å²) in [5.74, 6) is 0.315. The van der Waals surface area contributed by atoms with E-state index in [1.54, 1.807) is 49.5 Å². The summed E-state index contributed by atoms with van der Waals surface area (Å²) in [5.41, 5.74) is 1.10. The molecule has 0 atom stereocenters. The predicted molar refractivity (Wildman–Crippen MR) is 114 cm³/mol. The molecule has 1 aromatic heterocycles. The van der Waals surface area contributed by atoms with Crippen molar-refractivity contribution < 1.29 is 14.6 Å². The SMILES string of the molecule is COc1ccccc1NC(=O)/C=c1\s/c(=C\c2ccc(O)c(Br)c2)c(=O)n1C. The van der Waals surface area contributed by atoms with Gasteiger partial charge in [-0.1, -0.05) is 18.2 Å². The van der Waals surface area contributed by atoms with Gasteiger partial charge in [-0.3, -0.25) is 9.59 Å². The number of aromatic nitrogens is 1. The van der Waals surface area contributed by atoms with Crippen LogP contribution in [0.3, 0.4) is 0 Å². The highest BCUT2D eigenvalue weighted by Crippen LogP contribution is 2.24. The van der Waals surface area contributed by atoms with Gasteiger partial charge in [-0.25, -0.2) is 0 Å². The van der Waals surface area contributed by atoms with Crippen LogP contribution in [0.5, 0.6) is 11.5 Å². The molecule has 0 saturated carbocycles. The second-order valence-electron chi connectivity index (χ2n) is 5.86. The van der Waals surface area contributed by atoms with Crippen molar-refractivity contribution in [1.82, 2.24) is 4.57 Å². The molecule has 0 aliphatic heterocycles. The van der Waals surface area contributed by atoms with Gasteiger partial charge in [-0.2, -0.15) is 0 Å². The molecule has 0 spiro atoms. The number of phenols is 1. The number of carbonyl (C=O) groups excluding carboxylic acids is 1. The van der Waals surface area contributed by atoms with Crippen molar-refractivity contribution in [2.24, 2.45) is 7.05 Å². The maximum atomic E-state index is 12.5. The number of anilines is 1. The van der Waals surface area contributed by atoms with E-state index in [0.717, 1.165) is 5.56 Å². The Morgan fingerprint density at radius 1 is 1.29 bits per heavy atom. The lowest BCUT2D eigenvalue weighted by molar-refractivity contribution is -0.110. The summed E-state index contributed by atoms with van der Waals surface area (Å²) < 4.78 is 8.18. The number of thiazole rings is 1. The molecule has 0 fully saturated rings. The number of aromatic hydroxyl groups is 1. The number of carbonyl (C=O) groups is 1. The lowest BCUT2D eigenvalue weighted by Gasteiger charge is -2.07. The fourth-order valence-electron chi connectivity index (χ4n) is 2.50. The largest absolute Gasteiger partial charge is 0.507 e. The zero-order valence-corrected chi connectivity index (χ0v) is 17.5. The number of rotatable bonds is 4. The Balaban J connectivity index is 1.96. The van der Waals surface area contributed by atoms with Crippen molar-refractivity contribution in [3.05, 3.63) is 72.0 Å². The second-order valence-corrected chi connectivity index (χ2v) is 7.77. The number of halogens is 1. The van der Waals surface area contributed by atoms with Gasteiger partial charge < -0.3 is 19.7 Å². The van der Waals surface area contributed by atoms with Crippen LogP contribution >= 0.6 is 27.3 Å². The normalized spacial score (nSPS) is 12.2. The van der Waals surface area contributed by atoms with Gasteiger partial charge in [-0.15, -0.1) is 11.3 Å². The molecule has 0 bridgehead atoms. The topological polar surface area (TPSA) is 80.6 Å². The maximum Gasteiger partial charge on any atom is 0.268 e. The molecule has 3 rings (SSSR count). The summed E-state index contributed by atoms with van der Waals surface area (Å²) in [4.78, 5) is 24.9. The molecule has 0 aliphatic carbocycles. The fourth-order valence-corrected chi connectivity index (χ4v) is 3.93. The first-order chi connectivity index (χ1) is 13.4. The zero-order chi connectivity index (χ0) is 20.3. The maximum absolute atomic E-state index is 12.5. The summed E-state index contributed by atoms with van der Waals surface area (Å²) in [6.07, 6.45) is 3.09. The van der Waals surface area contributed by atoms with Gasteiger partial charge in [0.05, 0.1) is 21.8 Å². The van der Waals surface area contributed by atoms with Crippen LogP contribution < -0.4 is 24.8 Å². The first-order valence-corrected chi connectivity index (χ1v) is 9.82. The van der Waals surface area contributed by atoms with Gasteiger partial charge in [0.15, 0.2) is 0 Å². The van der Waals surface area contributed by atoms with E-state index in [4.69, 9.17) is 4.74 Å². The number of benzene rings is 2. The number of ether oxygens (including phenoxy) is 1. The van der Waals surface area contributed by atoms with Crippen LogP contribution in [0.4, 0.5) is 5.69 Å². The Morgan fingerprint density at radius 2 is 2.04 bits per heavy atom. The van der Waals surface area contributed by atoms with Crippen LogP contribution in [-0.2, 0) is 11.8 Å². The van der Waals surface area contributed by atoms with Gasteiger partial charge in [0.2, 0.25) is 0 Å². The number of nitrogens with one attached hydrogen (secondary N) is 1. The molecule has 8 heteroatoms. The van der Waals surface area contributed by atoms with E-state index in [2.05, 4.69) is 21.2 Å². The molecule has 2 aromatic carbocycles. The van der Waals surface area contributed by atoms with Crippen LogP contribution in [0.15, 0.2) is 51.7 Å². The highest BCUT2D eigenvalue weighted by molar-refractivity contribution is 9.10. The van der Waals surface area contributed by atoms with E-state index in [1.165, 1.54) is 29.1 Å². The number of methoxy groups -OCH3 is 1. The summed E-state index contributed by atoms with van der Waals surface area (Å²) in [5, 5.41) is 12.3. The standard InChI is InChI=1S/C20H17BrN2O4S/c1-23-19(11-18(25)22-14-5-3-4-6-16(14)27-2)28-17(20(23)26)10-12-7-8-15(24)13(21)9-12/h3-11,24H,1-2H3,(H,22,25)/b17-10-,19-11-. The van der Waals surface area contributed by atoms with Gasteiger partial charge in [0, 0.05) is 13.1 Å². The first kappa shape index (κ1) is 19.9. The number of nitrogens with zero attached hydrogens (tertiary/aromatic N) is 1. The highest BCUT2D eigenvalue weighted by Gasteiger charge is 2.07. The molecule has 1 heterocycles. The molecule has 2 N–H and O–H groups in total. The van der Waals surface area contributed by atoms with E-state index >= 15 is 0 Å². The third-order valence-electron chi connectivity index (χ3n) is 3.95. The molecule has 0 unspecified atom stereocenters. The third-order valence-corrected chi connectivity index (χ3v) is 5.70. The van der Waals surface area contributed by atoms with Gasteiger partial charge in [0.1, 0.15) is 16.2 Å². The van der Waals surface area contributed by atoms with Crippen LogP contribution in [0.25, 0.3) is 12.2 Å². The van der Waals surface area contributed by atoms with Crippen LogP contribution in [0, 0.1) is 0 Å². The minimum absolute atomic E-state index is 0.123. The van der Waals surface area contributed by atoms with E-state index < -0.39 is 0 Å². The number of phenolic OH excluding ortho intramolecular Hbond substituents is 1. The summed E-state index contributed by atoms with van der Waals surface area (Å²) in [6, 6.07) is 12.1. The summed E-state index contributed by atoms with van der Waals surface area (Å²) >= 11 is 4.46. The molecule has 0 radical (unpaired) electrons. The van der Waals surface area contributed by atoms with E-state index in [9.17, 15) is 14.7 Å². The Morgan fingerprint density at radius 3 is 2.75 bits per heavy atom. The second kappa shape index (κ2) is 8.45. The van der Waals surface area contributed by atoms with Crippen molar-refractivity contribution in [3.63, 3.8) is 0 Å². The minimum atomic E-state index is -0.361. The third kappa shape index (κ3) is 4.35. The van der Waals surface area contributed by atoms with Crippen LogP contribution in [-0.4, -0.2) is 22.7 Å². The smallest absolute Gasteiger partial charge is 0.268 e. The van der Waals surface area contributed by atoms with E-state index in [0.29, 0.717) is 25.1 Å². The zero-order valence-electron chi connectivity index (χ0n) is 15.1. The lowest BCUT2D eigenvalue weighted by atomic mass is 10.2. The number of hydrogen-bond donors (Lipinski definition) is 2. The highest BCUT2D eigenvalue weighted by atomic mass is 79.9. The van der Waals surface area contributed by atoms with Crippen molar-refractivity contribution in [1.29, 1.82) is 0 Å². The molecule has 144 valence electrons. The molecule has 0 saturated heterocycles. The van der Waals surface area contributed by atoms with Crippen LogP contribution in [0.2, 0.25) is 0 Å². The van der Waals surface area contributed by atoms with E-state index in [-0.39, 0.29) is 17.2 Å². The van der Waals surface area contributed by atoms with Crippen molar-refractivity contribution >= 4 is 51.0 Å². The van der Waals surface area contributed by atoms with Gasteiger partial charge >= 0.3 is 0 Å². The molecule has 6 nitrogen and oxygen atoms in total. The minimum Gasteiger partial charge on any atom is -0.507 e. The number of hydrogen-bond acceptors (Lipinski definition) is 5. The Labute approximate surface area is 173 Å². The molecule has 1 amide bonds. The van der Waals surface area contributed by atoms with Crippen molar-refractivity contribution in [2.45, 2.75) is 0 Å². The quantitative estimate of drug-likeness (QED) is 0.625. The first-order valence-electron chi connectivity index (χ1n) is 8.21. The molecular formula is C20H17BrN2O4S. The predicted octanol–water partition coefficient (Wildman–Crippen LogP) is 2.17. The Hall–Kier alpha value is -2.84. The number of para-hydroxylation sites is 2. The monoisotopic (exact) mass is 460 g/mol. The average molecular weight is 461 g/mol. The summed E-state index contributed by atoms with van der Waals surface area (Å²) in [7, 11) is 3.15. The van der Waals surface area contributed by atoms with Crippen molar-refractivity contribution in [3.8, 4) is 11.5 Å². The molecule has 0 aliphatic rings. The lowest BCUT2D eigenvalue weighted by Crippen LogP contribution is -2.29. The average Bonchev–Trinajstić information content (AvgIpc) is 2.93. The van der Waals surface area contributed by atoms with Crippen LogP contribution in [0.1, 0.15) is 5.56 Å². The van der Waals surface area contributed by atoms with Crippen molar-refractivity contribution in [2.75, 3.05) is 12.4 Å². The molecule has 28 heavy (non-hydrogen) atoms. The molecular weight excluding hydrogens is 444 g/mol. The molecule has 3 aromatic rings. The number of amides is 1. The Kier molecular flexibility index (Phi) is 6.01. The fraction of sp³-hybridized carbons (Fsp3) is 0.100.